The number of nitrogens with zero attached hydrogens (tertiary/aromatic N) is 3. The van der Waals surface area contributed by atoms with Gasteiger partial charge in [0.15, 0.2) is 5.82 Å². The minimum atomic E-state index is -0.115. The summed E-state index contributed by atoms with van der Waals surface area (Å²) in [6.45, 7) is 14.5. The van der Waals surface area contributed by atoms with E-state index in [0.717, 1.165) is 61.5 Å². The fourth-order valence-electron chi connectivity index (χ4n) is 5.36. The largest absolute Gasteiger partial charge is 0.363 e. The Morgan fingerprint density at radius 3 is 2.08 bits per heavy atom. The molecule has 1 N–H and O–H groups in total. The van der Waals surface area contributed by atoms with Crippen molar-refractivity contribution in [1.29, 1.82) is 0 Å². The van der Waals surface area contributed by atoms with Crippen LogP contribution in [0.5, 0.6) is 0 Å². The number of aryl methyl sites for hydroxylation is 1. The van der Waals surface area contributed by atoms with Crippen LogP contribution in [0.1, 0.15) is 83.5 Å². The van der Waals surface area contributed by atoms with Gasteiger partial charge in [-0.1, -0.05) is 94.8 Å². The fourth-order valence-corrected chi connectivity index (χ4v) is 5.36. The first-order valence-electron chi connectivity index (χ1n) is 13.4. The number of hydrogen-bond acceptors (Lipinski definition) is 3. The van der Waals surface area contributed by atoms with Crippen molar-refractivity contribution in [3.63, 3.8) is 0 Å². The number of hydrogen-bond donors (Lipinski definition) is 1. The number of imidazole rings is 1. The number of nitrogens with one attached hydrogen (secondary N) is 1. The molecule has 0 radical (unpaired) electrons. The number of fused-ring (bicyclic) bond motifs is 1. The third kappa shape index (κ3) is 6.75. The Balaban J connectivity index is 1.84. The van der Waals surface area contributed by atoms with E-state index in [-0.39, 0.29) is 11.0 Å². The van der Waals surface area contributed by atoms with E-state index in [4.69, 9.17) is 9.97 Å². The van der Waals surface area contributed by atoms with Crippen molar-refractivity contribution < 1.29 is 0 Å². The van der Waals surface area contributed by atoms with Gasteiger partial charge in [0.05, 0.1) is 5.52 Å². The zero-order valence-electron chi connectivity index (χ0n) is 22.9. The van der Waals surface area contributed by atoms with Crippen molar-refractivity contribution in [2.24, 2.45) is 5.41 Å². The molecule has 0 atom stereocenters. The lowest BCUT2D eigenvalue weighted by atomic mass is 9.82. The molecular formula is C32H42N4. The van der Waals surface area contributed by atoms with E-state index >= 15 is 0 Å². The fraction of sp³-hybridized carbons (Fsp3) is 0.438. The second kappa shape index (κ2) is 10.9. The van der Waals surface area contributed by atoms with Gasteiger partial charge in [-0.2, -0.15) is 0 Å². The Hall–Kier alpha value is -3.14. The monoisotopic (exact) mass is 482 g/mol. The van der Waals surface area contributed by atoms with Gasteiger partial charge < -0.3 is 9.88 Å². The van der Waals surface area contributed by atoms with E-state index < -0.39 is 0 Å². The highest BCUT2D eigenvalue weighted by atomic mass is 15.1. The molecule has 2 aromatic heterocycles. The number of anilines is 1. The second-order valence-electron chi connectivity index (χ2n) is 11.9. The van der Waals surface area contributed by atoms with Crippen molar-refractivity contribution in [3.8, 4) is 0 Å². The van der Waals surface area contributed by atoms with Crippen LogP contribution in [0.2, 0.25) is 0 Å². The van der Waals surface area contributed by atoms with Gasteiger partial charge in [0.2, 0.25) is 0 Å². The summed E-state index contributed by atoms with van der Waals surface area (Å²) in [7, 11) is 0. The van der Waals surface area contributed by atoms with Crippen LogP contribution < -0.4 is 5.32 Å². The third-order valence-corrected chi connectivity index (χ3v) is 6.46. The van der Waals surface area contributed by atoms with Gasteiger partial charge in [0.1, 0.15) is 11.3 Å². The number of rotatable bonds is 10. The molecular weight excluding hydrogens is 440 g/mol. The maximum atomic E-state index is 5.21. The smallest absolute Gasteiger partial charge is 0.154 e. The third-order valence-electron chi connectivity index (χ3n) is 6.46. The molecule has 190 valence electrons. The van der Waals surface area contributed by atoms with Crippen LogP contribution in [0, 0.1) is 5.41 Å². The molecule has 2 heterocycles. The summed E-state index contributed by atoms with van der Waals surface area (Å²) >= 11 is 0. The van der Waals surface area contributed by atoms with Crippen LogP contribution in [0.25, 0.3) is 11.0 Å². The van der Waals surface area contributed by atoms with Gasteiger partial charge in [-0.05, 0) is 49.3 Å². The van der Waals surface area contributed by atoms with E-state index in [0.29, 0.717) is 0 Å². The van der Waals surface area contributed by atoms with Crippen LogP contribution in [0.3, 0.4) is 0 Å². The van der Waals surface area contributed by atoms with Gasteiger partial charge in [0.25, 0.3) is 0 Å². The zero-order chi connectivity index (χ0) is 25.8. The summed E-state index contributed by atoms with van der Waals surface area (Å²) in [5.74, 6) is 2.04. The maximum Gasteiger partial charge on any atom is 0.154 e. The Morgan fingerprint density at radius 1 is 0.833 bits per heavy atom. The van der Waals surface area contributed by atoms with Crippen molar-refractivity contribution >= 4 is 16.9 Å². The van der Waals surface area contributed by atoms with Crippen LogP contribution in [-0.4, -0.2) is 20.1 Å². The summed E-state index contributed by atoms with van der Waals surface area (Å²) < 4.78 is 2.42. The highest BCUT2D eigenvalue weighted by molar-refractivity contribution is 5.87. The number of aromatic nitrogens is 3. The molecule has 0 bridgehead atoms. The molecule has 0 aliphatic heterocycles. The Morgan fingerprint density at radius 2 is 1.47 bits per heavy atom. The first kappa shape index (κ1) is 25.9. The molecule has 36 heavy (non-hydrogen) atoms. The van der Waals surface area contributed by atoms with E-state index in [1.807, 2.05) is 0 Å². The molecule has 4 nitrogen and oxygen atoms in total. The molecule has 0 fully saturated rings. The highest BCUT2D eigenvalue weighted by Gasteiger charge is 2.27. The average Bonchev–Trinajstić information content (AvgIpc) is 3.14. The van der Waals surface area contributed by atoms with Crippen LogP contribution in [-0.2, 0) is 19.4 Å². The molecule has 0 aliphatic carbocycles. The molecule has 0 aliphatic rings. The standard InChI is InChI=1S/C32H42N4/c1-7-8-19-28-34-29-27(36(28)22-25-17-13-10-14-18-25)21-26(20-24-15-11-9-12-16-24)33-30(29)35-32(5,6)23-31(2,3)4/h9-18,21H,7-8,19-20,22-23H2,1-6H3,(H,33,35). The Kier molecular flexibility index (Phi) is 7.82. The first-order chi connectivity index (χ1) is 17.1. The minimum absolute atomic E-state index is 0.115. The van der Waals surface area contributed by atoms with Crippen molar-refractivity contribution in [2.75, 3.05) is 5.32 Å². The minimum Gasteiger partial charge on any atom is -0.363 e. The summed E-state index contributed by atoms with van der Waals surface area (Å²) in [4.78, 5) is 10.4. The molecule has 4 aromatic rings. The average molecular weight is 483 g/mol. The van der Waals surface area contributed by atoms with Gasteiger partial charge >= 0.3 is 0 Å². The van der Waals surface area contributed by atoms with Gasteiger partial charge in [-0.25, -0.2) is 9.97 Å². The molecule has 0 spiro atoms. The molecule has 0 unspecified atom stereocenters. The van der Waals surface area contributed by atoms with Gasteiger partial charge in [-0.15, -0.1) is 0 Å². The predicted molar refractivity (Wildman–Crippen MR) is 153 cm³/mol. The summed E-state index contributed by atoms with van der Waals surface area (Å²) in [6.07, 6.45) is 5.07. The van der Waals surface area contributed by atoms with Crippen molar-refractivity contribution in [1.82, 2.24) is 14.5 Å². The Labute approximate surface area is 217 Å². The predicted octanol–water partition coefficient (Wildman–Crippen LogP) is 8.04. The number of pyridine rings is 1. The molecule has 4 rings (SSSR count). The Bertz CT molecular complexity index is 1260. The molecule has 0 amide bonds. The quantitative estimate of drug-likeness (QED) is 0.249. The van der Waals surface area contributed by atoms with E-state index in [2.05, 4.69) is 118 Å². The normalized spacial score (nSPS) is 12.3. The van der Waals surface area contributed by atoms with Crippen molar-refractivity contribution in [2.45, 2.75) is 85.7 Å². The number of unbranched alkanes of at least 4 members (excludes halogenated alkanes) is 1. The van der Waals surface area contributed by atoms with E-state index in [1.165, 1.54) is 16.6 Å². The van der Waals surface area contributed by atoms with Crippen LogP contribution >= 0.6 is 0 Å². The lowest BCUT2D eigenvalue weighted by Gasteiger charge is -2.34. The van der Waals surface area contributed by atoms with Crippen LogP contribution in [0.4, 0.5) is 5.82 Å². The summed E-state index contributed by atoms with van der Waals surface area (Å²) in [5, 5.41) is 3.82. The van der Waals surface area contributed by atoms with Gasteiger partial charge in [0, 0.05) is 30.6 Å². The van der Waals surface area contributed by atoms with E-state index in [9.17, 15) is 0 Å². The summed E-state index contributed by atoms with van der Waals surface area (Å²) in [5.41, 5.74) is 5.87. The topological polar surface area (TPSA) is 42.7 Å². The molecule has 0 saturated heterocycles. The van der Waals surface area contributed by atoms with Gasteiger partial charge in [-0.3, -0.25) is 0 Å². The lowest BCUT2D eigenvalue weighted by molar-refractivity contribution is 0.302. The molecule has 0 saturated carbocycles. The highest BCUT2D eigenvalue weighted by Crippen LogP contribution is 2.33. The first-order valence-corrected chi connectivity index (χ1v) is 13.4. The maximum absolute atomic E-state index is 5.21. The zero-order valence-corrected chi connectivity index (χ0v) is 22.9. The molecule has 4 heteroatoms. The van der Waals surface area contributed by atoms with E-state index in [1.54, 1.807) is 0 Å². The second-order valence-corrected chi connectivity index (χ2v) is 11.9. The number of benzene rings is 2. The summed E-state index contributed by atoms with van der Waals surface area (Å²) in [6, 6.07) is 23.6. The lowest BCUT2D eigenvalue weighted by Crippen LogP contribution is -2.36. The van der Waals surface area contributed by atoms with Crippen molar-refractivity contribution in [3.05, 3.63) is 89.4 Å². The molecule has 2 aromatic carbocycles. The SMILES string of the molecule is CCCCc1nc2c(NC(C)(C)CC(C)(C)C)nc(Cc3ccccc3)cc2n1Cc1ccccc1. The van der Waals surface area contributed by atoms with Crippen LogP contribution in [0.15, 0.2) is 66.7 Å².